The Bertz CT molecular complexity index is 1460. The molecule has 11 nitrogen and oxygen atoms in total. The Morgan fingerprint density at radius 2 is 1.19 bits per heavy atom. The minimum atomic E-state index is -0.960. The number of phenols is 2. The highest BCUT2D eigenvalue weighted by molar-refractivity contribution is 5.92. The molecule has 1 aromatic heterocycles. The number of benzene rings is 3. The van der Waals surface area contributed by atoms with Gasteiger partial charge in [0.05, 0.1) is 5.92 Å². The molecule has 1 unspecified atom stereocenters. The predicted octanol–water partition coefficient (Wildman–Crippen LogP) is 2.42. The number of rotatable bonds is 11. The Labute approximate surface area is 242 Å². The molecule has 4 rings (SSSR count). The largest absolute Gasteiger partial charge is 0.508 e. The van der Waals surface area contributed by atoms with Crippen LogP contribution in [0.3, 0.4) is 0 Å². The van der Waals surface area contributed by atoms with Crippen LogP contribution in [0.2, 0.25) is 0 Å². The van der Waals surface area contributed by atoms with Crippen molar-refractivity contribution < 1.29 is 24.6 Å². The zero-order valence-corrected chi connectivity index (χ0v) is 22.7. The van der Waals surface area contributed by atoms with E-state index in [0.29, 0.717) is 22.5 Å². The van der Waals surface area contributed by atoms with Crippen LogP contribution in [0.4, 0.5) is 10.6 Å². The number of carbonyl (C=O) groups excluding carboxylic acids is 3. The quantitative estimate of drug-likeness (QED) is 0.144. The van der Waals surface area contributed by atoms with Crippen molar-refractivity contribution in [2.24, 2.45) is 5.73 Å². The van der Waals surface area contributed by atoms with E-state index in [1.807, 2.05) is 24.3 Å². The summed E-state index contributed by atoms with van der Waals surface area (Å²) in [5.74, 6) is -1.25. The van der Waals surface area contributed by atoms with E-state index in [2.05, 4.69) is 20.9 Å². The lowest BCUT2D eigenvalue weighted by molar-refractivity contribution is -0.129. The lowest BCUT2D eigenvalue weighted by Gasteiger charge is -2.23. The van der Waals surface area contributed by atoms with Crippen LogP contribution in [-0.2, 0) is 29.1 Å². The third-order valence-corrected chi connectivity index (χ3v) is 6.59. The maximum absolute atomic E-state index is 13.8. The van der Waals surface area contributed by atoms with E-state index in [4.69, 9.17) is 11.5 Å². The zero-order chi connectivity index (χ0) is 30.1. The number of pyridine rings is 1. The monoisotopic (exact) mass is 568 g/mol. The lowest BCUT2D eigenvalue weighted by atomic mass is 9.89. The maximum Gasteiger partial charge on any atom is 0.312 e. The van der Waals surface area contributed by atoms with Gasteiger partial charge in [0.25, 0.3) is 0 Å². The maximum atomic E-state index is 13.8. The minimum Gasteiger partial charge on any atom is -0.508 e. The van der Waals surface area contributed by atoms with E-state index < -0.39 is 29.8 Å². The molecule has 0 saturated heterocycles. The average Bonchev–Trinajstić information content (AvgIpc) is 2.98. The van der Waals surface area contributed by atoms with Crippen molar-refractivity contribution in [3.63, 3.8) is 0 Å². The molecule has 0 aliphatic heterocycles. The van der Waals surface area contributed by atoms with Crippen LogP contribution in [0.25, 0.3) is 0 Å². The summed E-state index contributed by atoms with van der Waals surface area (Å²) >= 11 is 0. The molecular weight excluding hydrogens is 536 g/mol. The van der Waals surface area contributed by atoms with Gasteiger partial charge in [0, 0.05) is 25.7 Å². The van der Waals surface area contributed by atoms with Gasteiger partial charge in [-0.3, -0.25) is 9.59 Å². The molecule has 0 aliphatic carbocycles. The second-order valence-electron chi connectivity index (χ2n) is 9.72. The number of nitrogens with zero attached hydrogens (tertiary/aromatic N) is 1. The fourth-order valence-corrected chi connectivity index (χ4v) is 4.36. The molecule has 0 saturated carbocycles. The van der Waals surface area contributed by atoms with Crippen LogP contribution < -0.4 is 27.4 Å². The molecule has 216 valence electrons. The molecule has 1 atom stereocenters. The number of nitrogen functional groups attached to an aromatic ring is 1. The molecule has 1 heterocycles. The van der Waals surface area contributed by atoms with Crippen LogP contribution in [0.1, 0.15) is 33.7 Å². The van der Waals surface area contributed by atoms with Gasteiger partial charge in [0.15, 0.2) is 0 Å². The second-order valence-corrected chi connectivity index (χ2v) is 9.72. The van der Waals surface area contributed by atoms with Crippen molar-refractivity contribution in [1.29, 1.82) is 0 Å². The highest BCUT2D eigenvalue weighted by Crippen LogP contribution is 2.28. The number of nitrogens with one attached hydrogen (secondary N) is 3. The van der Waals surface area contributed by atoms with Gasteiger partial charge in [-0.1, -0.05) is 54.6 Å². The summed E-state index contributed by atoms with van der Waals surface area (Å²) in [7, 11) is 0. The van der Waals surface area contributed by atoms with E-state index >= 15 is 0 Å². The number of hydrogen-bond acceptors (Lipinski definition) is 7. The molecule has 0 radical (unpaired) electrons. The lowest BCUT2D eigenvalue weighted by Crippen LogP contribution is -2.49. The van der Waals surface area contributed by atoms with Crippen LogP contribution in [0.15, 0.2) is 91.1 Å². The molecule has 9 N–H and O–H groups in total. The van der Waals surface area contributed by atoms with Gasteiger partial charge in [-0.15, -0.1) is 0 Å². The number of phenolic OH excluding ortho intramolecular Hbond substituents is 2. The smallest absolute Gasteiger partial charge is 0.312 e. The van der Waals surface area contributed by atoms with Crippen molar-refractivity contribution in [1.82, 2.24) is 20.9 Å². The number of nitrogens with two attached hydrogens (primary N) is 2. The minimum absolute atomic E-state index is 0.0499. The van der Waals surface area contributed by atoms with Crippen molar-refractivity contribution in [3.05, 3.63) is 119 Å². The summed E-state index contributed by atoms with van der Waals surface area (Å²) in [6.07, 6.45) is 1.71. The van der Waals surface area contributed by atoms with Gasteiger partial charge in [-0.2, -0.15) is 0 Å². The molecule has 0 fully saturated rings. The van der Waals surface area contributed by atoms with Crippen LogP contribution in [-0.4, -0.2) is 39.1 Å². The van der Waals surface area contributed by atoms with Crippen LogP contribution in [0, 0.1) is 0 Å². The van der Waals surface area contributed by atoms with E-state index in [1.165, 1.54) is 24.3 Å². The molecule has 4 aromatic rings. The van der Waals surface area contributed by atoms with Crippen molar-refractivity contribution in [3.8, 4) is 11.5 Å². The van der Waals surface area contributed by atoms with Gasteiger partial charge in [-0.05, 0) is 58.1 Å². The van der Waals surface area contributed by atoms with Crippen molar-refractivity contribution in [2.45, 2.75) is 31.5 Å². The van der Waals surface area contributed by atoms with Crippen LogP contribution >= 0.6 is 0 Å². The van der Waals surface area contributed by atoms with Gasteiger partial charge in [-0.25, -0.2) is 9.78 Å². The summed E-state index contributed by atoms with van der Waals surface area (Å²) < 4.78 is 0. The van der Waals surface area contributed by atoms with E-state index in [9.17, 15) is 24.6 Å². The Morgan fingerprint density at radius 3 is 1.67 bits per heavy atom. The molecule has 42 heavy (non-hydrogen) atoms. The number of urea groups is 1. The van der Waals surface area contributed by atoms with Crippen molar-refractivity contribution in [2.75, 3.05) is 5.73 Å². The van der Waals surface area contributed by atoms with E-state index in [-0.39, 0.29) is 31.0 Å². The summed E-state index contributed by atoms with van der Waals surface area (Å²) in [4.78, 5) is 42.3. The Kier molecular flexibility index (Phi) is 9.57. The highest BCUT2D eigenvalue weighted by Gasteiger charge is 2.28. The zero-order valence-electron chi connectivity index (χ0n) is 22.7. The molecular formula is C31H32N6O5. The predicted molar refractivity (Wildman–Crippen MR) is 157 cm³/mol. The molecule has 0 bridgehead atoms. The summed E-state index contributed by atoms with van der Waals surface area (Å²) in [5.41, 5.74) is 14.4. The number of hydrogen-bond donors (Lipinski definition) is 7. The SMILES string of the molecule is NC(=O)NCc1ccc(CNC(=O)C(Cc2ccc(N)nc2)NC(=O)C(c2ccc(O)cc2)c2ccc(O)cc2)cc1. The van der Waals surface area contributed by atoms with Gasteiger partial charge < -0.3 is 37.6 Å². The molecule has 0 aliphatic rings. The molecule has 4 amide bonds. The normalized spacial score (nSPS) is 11.5. The number of anilines is 1. The Balaban J connectivity index is 1.54. The summed E-state index contributed by atoms with van der Waals surface area (Å²) in [6, 6.07) is 21.5. The third-order valence-electron chi connectivity index (χ3n) is 6.59. The first-order valence-corrected chi connectivity index (χ1v) is 13.2. The third kappa shape index (κ3) is 8.21. The standard InChI is InChI=1S/C31H32N6O5/c32-27-14-5-21(18-34-27)15-26(29(40)35-16-19-1-3-20(4-2-19)17-36-31(33)42)37-30(41)28(22-6-10-24(38)11-7-22)23-8-12-25(39)13-9-23/h1-14,18,26,28,38-39H,15-17H2,(H2,32,34)(H,35,40)(H,37,41)(H3,33,36,42). The van der Waals surface area contributed by atoms with E-state index in [1.54, 1.807) is 42.6 Å². The molecule has 11 heteroatoms. The molecule has 0 spiro atoms. The summed E-state index contributed by atoms with van der Waals surface area (Å²) in [6.45, 7) is 0.489. The number of aromatic nitrogens is 1. The number of aromatic hydroxyl groups is 2. The Hall–Kier alpha value is -5.58. The first kappa shape index (κ1) is 29.4. The highest BCUT2D eigenvalue weighted by atomic mass is 16.3. The number of amides is 4. The fourth-order valence-electron chi connectivity index (χ4n) is 4.36. The van der Waals surface area contributed by atoms with Gasteiger partial charge in [0.2, 0.25) is 11.8 Å². The fraction of sp³-hybridized carbons (Fsp3) is 0.161. The second kappa shape index (κ2) is 13.7. The van der Waals surface area contributed by atoms with Gasteiger partial charge in [0.1, 0.15) is 23.4 Å². The first-order valence-electron chi connectivity index (χ1n) is 13.2. The average molecular weight is 569 g/mol. The Morgan fingerprint density at radius 1 is 0.690 bits per heavy atom. The van der Waals surface area contributed by atoms with E-state index in [0.717, 1.165) is 11.1 Å². The van der Waals surface area contributed by atoms with Crippen molar-refractivity contribution >= 4 is 23.7 Å². The first-order chi connectivity index (χ1) is 20.2. The summed E-state index contributed by atoms with van der Waals surface area (Å²) in [5, 5.41) is 27.9. The van der Waals surface area contributed by atoms with Crippen LogP contribution in [0.5, 0.6) is 11.5 Å². The number of carbonyl (C=O) groups is 3. The number of primary amides is 1. The van der Waals surface area contributed by atoms with Gasteiger partial charge >= 0.3 is 6.03 Å². The molecule has 3 aromatic carbocycles. The topological polar surface area (TPSA) is 193 Å².